The van der Waals surface area contributed by atoms with Gasteiger partial charge in [-0.2, -0.15) is 0 Å². The maximum absolute atomic E-state index is 12.8. The van der Waals surface area contributed by atoms with E-state index in [0.717, 1.165) is 12.1 Å². The molecular weight excluding hydrogens is 337 g/mol. The van der Waals surface area contributed by atoms with Gasteiger partial charge in [-0.25, -0.2) is 17.1 Å². The van der Waals surface area contributed by atoms with Crippen molar-refractivity contribution >= 4 is 21.8 Å². The number of benzene rings is 1. The summed E-state index contributed by atoms with van der Waals surface area (Å²) in [4.78, 5) is 22.9. The molecule has 0 spiro atoms. The zero-order valence-corrected chi connectivity index (χ0v) is 13.9. The van der Waals surface area contributed by atoms with Crippen molar-refractivity contribution in [3.63, 3.8) is 0 Å². The Balaban J connectivity index is 1.81. The lowest BCUT2D eigenvalue weighted by atomic mass is 9.98. The zero-order valence-electron chi connectivity index (χ0n) is 13.1. The highest BCUT2D eigenvalue weighted by Crippen LogP contribution is 2.19. The first kappa shape index (κ1) is 18.3. The zero-order chi connectivity index (χ0) is 17.7. The lowest BCUT2D eigenvalue weighted by Crippen LogP contribution is -2.44. The van der Waals surface area contributed by atoms with Gasteiger partial charge in [-0.3, -0.25) is 9.59 Å². The number of nitrogens with one attached hydrogen (secondary N) is 1. The lowest BCUT2D eigenvalue weighted by Gasteiger charge is -2.29. The molecule has 1 aliphatic heterocycles. The van der Waals surface area contributed by atoms with Gasteiger partial charge in [0.2, 0.25) is 15.9 Å². The fourth-order valence-corrected chi connectivity index (χ4v) is 3.93. The smallest absolute Gasteiger partial charge is 0.251 e. The first-order valence-corrected chi connectivity index (χ1v) is 9.21. The molecule has 24 heavy (non-hydrogen) atoms. The second-order valence-corrected chi connectivity index (χ2v) is 7.74. The van der Waals surface area contributed by atoms with Gasteiger partial charge in [0.25, 0.3) is 5.91 Å². The van der Waals surface area contributed by atoms with Gasteiger partial charge in [-0.15, -0.1) is 0 Å². The summed E-state index contributed by atoms with van der Waals surface area (Å²) in [5.74, 6) is -1.83. The van der Waals surface area contributed by atoms with E-state index < -0.39 is 27.7 Å². The number of nitrogens with zero attached hydrogens (tertiary/aromatic N) is 1. The summed E-state index contributed by atoms with van der Waals surface area (Å²) < 4.78 is 38.6. The van der Waals surface area contributed by atoms with E-state index in [1.54, 1.807) is 0 Å². The molecule has 1 aromatic carbocycles. The van der Waals surface area contributed by atoms with Crippen LogP contribution in [0.4, 0.5) is 4.39 Å². The van der Waals surface area contributed by atoms with Crippen LogP contribution < -0.4 is 11.1 Å². The Hall–Kier alpha value is -2.00. The van der Waals surface area contributed by atoms with E-state index in [1.165, 1.54) is 16.4 Å². The molecule has 1 saturated heterocycles. The van der Waals surface area contributed by atoms with Crippen molar-refractivity contribution in [3.05, 3.63) is 35.6 Å². The molecule has 1 fully saturated rings. The van der Waals surface area contributed by atoms with E-state index in [2.05, 4.69) is 5.32 Å². The minimum absolute atomic E-state index is 0.0473. The van der Waals surface area contributed by atoms with Crippen LogP contribution in [0, 0.1) is 11.7 Å². The standard InChI is InChI=1S/C15H20FN3O4S/c16-13-3-1-12(2-4-13)15(21)18-7-10-24(22,23)19-8-5-11(6-9-19)14(17)20/h1-4,11H,5-10H2,(H2,17,20)(H,18,21). The van der Waals surface area contributed by atoms with Crippen LogP contribution in [-0.2, 0) is 14.8 Å². The maximum atomic E-state index is 12.8. The van der Waals surface area contributed by atoms with Crippen molar-refractivity contribution in [1.29, 1.82) is 0 Å². The predicted molar refractivity (Wildman–Crippen MR) is 86.0 cm³/mol. The number of piperidine rings is 1. The van der Waals surface area contributed by atoms with Crippen molar-refractivity contribution in [2.24, 2.45) is 11.7 Å². The molecule has 7 nitrogen and oxygen atoms in total. The maximum Gasteiger partial charge on any atom is 0.251 e. The number of carbonyl (C=O) groups excluding carboxylic acids is 2. The molecule has 0 aromatic heterocycles. The van der Waals surface area contributed by atoms with Gasteiger partial charge in [0.1, 0.15) is 5.82 Å². The van der Waals surface area contributed by atoms with Crippen molar-refractivity contribution in [3.8, 4) is 0 Å². The van der Waals surface area contributed by atoms with Crippen LogP contribution in [0.15, 0.2) is 24.3 Å². The summed E-state index contributed by atoms with van der Waals surface area (Å²) in [5, 5.41) is 2.50. The van der Waals surface area contributed by atoms with Crippen LogP contribution in [0.5, 0.6) is 0 Å². The molecule has 132 valence electrons. The molecule has 0 atom stereocenters. The second-order valence-electron chi connectivity index (χ2n) is 5.65. The fourth-order valence-electron chi connectivity index (χ4n) is 2.54. The third-order valence-electron chi connectivity index (χ3n) is 4.00. The molecule has 0 bridgehead atoms. The summed E-state index contributed by atoms with van der Waals surface area (Å²) in [6.07, 6.45) is 0.826. The van der Waals surface area contributed by atoms with Gasteiger partial charge in [-0.1, -0.05) is 0 Å². The molecular formula is C15H20FN3O4S. The normalized spacial score (nSPS) is 16.7. The molecule has 3 N–H and O–H groups in total. The average Bonchev–Trinajstić information content (AvgIpc) is 2.55. The molecule has 1 heterocycles. The van der Waals surface area contributed by atoms with Crippen molar-refractivity contribution in [2.75, 3.05) is 25.4 Å². The third kappa shape index (κ3) is 4.75. The van der Waals surface area contributed by atoms with Crippen LogP contribution in [-0.4, -0.2) is 49.9 Å². The molecule has 0 radical (unpaired) electrons. The van der Waals surface area contributed by atoms with E-state index >= 15 is 0 Å². The Kier molecular flexibility index (Phi) is 5.89. The molecule has 2 rings (SSSR count). The molecule has 0 saturated carbocycles. The Bertz CT molecular complexity index is 698. The number of sulfonamides is 1. The van der Waals surface area contributed by atoms with E-state index in [4.69, 9.17) is 5.73 Å². The van der Waals surface area contributed by atoms with Crippen LogP contribution in [0.2, 0.25) is 0 Å². The van der Waals surface area contributed by atoms with Gasteiger partial charge in [0.15, 0.2) is 0 Å². The number of amides is 2. The molecule has 0 aliphatic carbocycles. The van der Waals surface area contributed by atoms with E-state index in [9.17, 15) is 22.4 Å². The van der Waals surface area contributed by atoms with Crippen LogP contribution in [0.1, 0.15) is 23.2 Å². The highest BCUT2D eigenvalue weighted by atomic mass is 32.2. The summed E-state index contributed by atoms with van der Waals surface area (Å²) in [6.45, 7) is 0.456. The Labute approximate surface area is 140 Å². The van der Waals surface area contributed by atoms with Gasteiger partial charge in [0, 0.05) is 31.1 Å². The van der Waals surface area contributed by atoms with E-state index in [1.807, 2.05) is 0 Å². The van der Waals surface area contributed by atoms with Gasteiger partial charge < -0.3 is 11.1 Å². The van der Waals surface area contributed by atoms with Crippen molar-refractivity contribution in [2.45, 2.75) is 12.8 Å². The predicted octanol–water partition coefficient (Wildman–Crippen LogP) is 0.0826. The molecule has 1 aromatic rings. The second kappa shape index (κ2) is 7.71. The highest BCUT2D eigenvalue weighted by Gasteiger charge is 2.29. The molecule has 0 unspecified atom stereocenters. The highest BCUT2D eigenvalue weighted by molar-refractivity contribution is 7.89. The fraction of sp³-hybridized carbons (Fsp3) is 0.467. The number of nitrogens with two attached hydrogens (primary N) is 1. The molecule has 1 aliphatic rings. The van der Waals surface area contributed by atoms with Crippen LogP contribution in [0.3, 0.4) is 0 Å². The SMILES string of the molecule is NC(=O)C1CCN(S(=O)(=O)CCNC(=O)c2ccc(F)cc2)CC1. The van der Waals surface area contributed by atoms with Crippen molar-refractivity contribution in [1.82, 2.24) is 9.62 Å². The van der Waals surface area contributed by atoms with Gasteiger partial charge >= 0.3 is 0 Å². The Morgan fingerprint density at radius 2 is 1.79 bits per heavy atom. The summed E-state index contributed by atoms with van der Waals surface area (Å²) in [6, 6.07) is 4.98. The van der Waals surface area contributed by atoms with Crippen molar-refractivity contribution < 1.29 is 22.4 Å². The van der Waals surface area contributed by atoms with Gasteiger partial charge in [0.05, 0.1) is 5.75 Å². The topological polar surface area (TPSA) is 110 Å². The van der Waals surface area contributed by atoms with Crippen LogP contribution in [0.25, 0.3) is 0 Å². The van der Waals surface area contributed by atoms with E-state index in [0.29, 0.717) is 12.8 Å². The number of carbonyl (C=O) groups is 2. The number of halogens is 1. The first-order chi connectivity index (χ1) is 11.3. The largest absolute Gasteiger partial charge is 0.369 e. The summed E-state index contributed by atoms with van der Waals surface area (Å²) in [7, 11) is -3.51. The summed E-state index contributed by atoms with van der Waals surface area (Å²) in [5.41, 5.74) is 5.48. The Morgan fingerprint density at radius 3 is 2.33 bits per heavy atom. The number of hydrogen-bond donors (Lipinski definition) is 2. The van der Waals surface area contributed by atoms with Crippen LogP contribution >= 0.6 is 0 Å². The quantitative estimate of drug-likeness (QED) is 0.751. The monoisotopic (exact) mass is 357 g/mol. The number of primary amides is 1. The molecule has 9 heteroatoms. The summed E-state index contributed by atoms with van der Waals surface area (Å²) >= 11 is 0. The number of hydrogen-bond acceptors (Lipinski definition) is 4. The third-order valence-corrected chi connectivity index (χ3v) is 5.87. The average molecular weight is 357 g/mol. The minimum atomic E-state index is -3.51. The first-order valence-electron chi connectivity index (χ1n) is 7.60. The Morgan fingerprint density at radius 1 is 1.21 bits per heavy atom. The minimum Gasteiger partial charge on any atom is -0.369 e. The number of rotatable bonds is 6. The molecule has 2 amide bonds. The lowest BCUT2D eigenvalue weighted by molar-refractivity contribution is -0.122. The van der Waals surface area contributed by atoms with Gasteiger partial charge in [-0.05, 0) is 37.1 Å². The van der Waals surface area contributed by atoms with E-state index in [-0.39, 0.29) is 36.9 Å².